The topological polar surface area (TPSA) is 108 Å². The SMILES string of the molecule is CN(C)C(=O)C(CNC(=O)O)NC(=O)OC(C)(C)C. The van der Waals surface area contributed by atoms with Gasteiger partial charge < -0.3 is 25.4 Å². The van der Waals surface area contributed by atoms with Crippen molar-refractivity contribution in [2.24, 2.45) is 0 Å². The molecule has 0 rings (SSSR count). The highest BCUT2D eigenvalue weighted by Crippen LogP contribution is 2.06. The molecule has 8 heteroatoms. The maximum absolute atomic E-state index is 11.8. The number of rotatable bonds is 4. The molecule has 0 saturated carbocycles. The molecule has 0 heterocycles. The van der Waals surface area contributed by atoms with Gasteiger partial charge in [0, 0.05) is 14.1 Å². The zero-order chi connectivity index (χ0) is 15.2. The van der Waals surface area contributed by atoms with Crippen LogP contribution in [0.1, 0.15) is 20.8 Å². The average molecular weight is 275 g/mol. The Kier molecular flexibility index (Phi) is 6.10. The second-order valence-corrected chi connectivity index (χ2v) is 5.12. The lowest BCUT2D eigenvalue weighted by atomic mass is 10.2. The molecule has 3 amide bonds. The summed E-state index contributed by atoms with van der Waals surface area (Å²) in [5.41, 5.74) is -0.698. The lowest BCUT2D eigenvalue weighted by Crippen LogP contribution is -2.53. The van der Waals surface area contributed by atoms with Crippen LogP contribution in [0.4, 0.5) is 9.59 Å². The number of nitrogens with one attached hydrogen (secondary N) is 2. The van der Waals surface area contributed by atoms with Gasteiger partial charge in [-0.25, -0.2) is 9.59 Å². The number of likely N-dealkylation sites (N-methyl/N-ethyl adjacent to an activating group) is 1. The first kappa shape index (κ1) is 17.0. The fourth-order valence-corrected chi connectivity index (χ4v) is 1.15. The third kappa shape index (κ3) is 7.85. The number of ether oxygens (including phenoxy) is 1. The van der Waals surface area contributed by atoms with Crippen molar-refractivity contribution in [3.05, 3.63) is 0 Å². The van der Waals surface area contributed by atoms with Gasteiger partial charge in [-0.1, -0.05) is 0 Å². The Labute approximate surface area is 112 Å². The van der Waals surface area contributed by atoms with Crippen molar-refractivity contribution in [2.75, 3.05) is 20.6 Å². The molecule has 8 nitrogen and oxygen atoms in total. The van der Waals surface area contributed by atoms with Crippen molar-refractivity contribution in [3.8, 4) is 0 Å². The number of carboxylic acid groups (broad SMARTS) is 1. The quantitative estimate of drug-likeness (QED) is 0.681. The number of carbonyl (C=O) groups excluding carboxylic acids is 2. The van der Waals surface area contributed by atoms with Crippen LogP contribution in [-0.2, 0) is 9.53 Å². The minimum absolute atomic E-state index is 0.231. The Hall–Kier alpha value is -1.99. The molecular formula is C11H21N3O5. The van der Waals surface area contributed by atoms with E-state index in [1.54, 1.807) is 20.8 Å². The van der Waals surface area contributed by atoms with Crippen LogP contribution in [0.2, 0.25) is 0 Å². The summed E-state index contributed by atoms with van der Waals surface area (Å²) in [5, 5.41) is 12.9. The third-order valence-corrected chi connectivity index (χ3v) is 1.89. The zero-order valence-electron chi connectivity index (χ0n) is 11.8. The summed E-state index contributed by atoms with van der Waals surface area (Å²) in [6.07, 6.45) is -2.05. The third-order valence-electron chi connectivity index (χ3n) is 1.89. The molecular weight excluding hydrogens is 254 g/mol. The molecule has 1 atom stereocenters. The van der Waals surface area contributed by atoms with E-state index in [4.69, 9.17) is 9.84 Å². The summed E-state index contributed by atoms with van der Waals surface area (Å²) in [6, 6.07) is -1.01. The lowest BCUT2D eigenvalue weighted by molar-refractivity contribution is -0.130. The minimum Gasteiger partial charge on any atom is -0.465 e. The lowest BCUT2D eigenvalue weighted by Gasteiger charge is -2.24. The van der Waals surface area contributed by atoms with E-state index < -0.39 is 29.7 Å². The van der Waals surface area contributed by atoms with Gasteiger partial charge in [0.1, 0.15) is 11.6 Å². The highest BCUT2D eigenvalue weighted by molar-refractivity contribution is 5.86. The molecule has 0 radical (unpaired) electrons. The highest BCUT2D eigenvalue weighted by Gasteiger charge is 2.25. The van der Waals surface area contributed by atoms with Gasteiger partial charge in [-0.3, -0.25) is 4.79 Å². The molecule has 0 bridgehead atoms. The summed E-state index contributed by atoms with van der Waals surface area (Å²) >= 11 is 0. The standard InChI is InChI=1S/C11H21N3O5/c1-11(2,3)19-10(18)13-7(6-12-9(16)17)8(15)14(4)5/h7,12H,6H2,1-5H3,(H,13,18)(H,16,17). The van der Waals surface area contributed by atoms with Crippen LogP contribution in [0.15, 0.2) is 0 Å². The van der Waals surface area contributed by atoms with Crippen molar-refractivity contribution in [2.45, 2.75) is 32.4 Å². The van der Waals surface area contributed by atoms with E-state index in [-0.39, 0.29) is 6.54 Å². The van der Waals surface area contributed by atoms with Gasteiger partial charge in [0.2, 0.25) is 5.91 Å². The van der Waals surface area contributed by atoms with Crippen molar-refractivity contribution in [1.82, 2.24) is 15.5 Å². The minimum atomic E-state index is -1.28. The number of hydrogen-bond donors (Lipinski definition) is 3. The second-order valence-electron chi connectivity index (χ2n) is 5.12. The van der Waals surface area contributed by atoms with E-state index in [2.05, 4.69) is 5.32 Å². The van der Waals surface area contributed by atoms with Crippen LogP contribution in [0.5, 0.6) is 0 Å². The molecule has 19 heavy (non-hydrogen) atoms. The normalized spacial score (nSPS) is 12.3. The molecule has 0 fully saturated rings. The number of carbonyl (C=O) groups is 3. The van der Waals surface area contributed by atoms with Crippen LogP contribution in [0, 0.1) is 0 Å². The van der Waals surface area contributed by atoms with E-state index in [1.807, 2.05) is 5.32 Å². The number of nitrogens with zero attached hydrogens (tertiary/aromatic N) is 1. The van der Waals surface area contributed by atoms with E-state index >= 15 is 0 Å². The largest absolute Gasteiger partial charge is 0.465 e. The molecule has 0 aromatic heterocycles. The first-order valence-electron chi connectivity index (χ1n) is 5.70. The monoisotopic (exact) mass is 275 g/mol. The predicted molar refractivity (Wildman–Crippen MR) is 67.9 cm³/mol. The molecule has 1 unspecified atom stereocenters. The predicted octanol–water partition coefficient (Wildman–Crippen LogP) is 0.236. The molecule has 0 saturated heterocycles. The molecule has 3 N–H and O–H groups in total. The fraction of sp³-hybridized carbons (Fsp3) is 0.727. The van der Waals surface area contributed by atoms with E-state index in [0.29, 0.717) is 0 Å². The Bertz CT molecular complexity index is 349. The zero-order valence-corrected chi connectivity index (χ0v) is 11.8. The van der Waals surface area contributed by atoms with E-state index in [9.17, 15) is 14.4 Å². The summed E-state index contributed by atoms with van der Waals surface area (Å²) < 4.78 is 5.01. The van der Waals surface area contributed by atoms with Crippen LogP contribution < -0.4 is 10.6 Å². The maximum Gasteiger partial charge on any atom is 0.408 e. The molecule has 0 aromatic rings. The molecule has 0 aliphatic carbocycles. The highest BCUT2D eigenvalue weighted by atomic mass is 16.6. The van der Waals surface area contributed by atoms with E-state index in [1.165, 1.54) is 19.0 Å². The first-order chi connectivity index (χ1) is 8.53. The van der Waals surface area contributed by atoms with Crippen LogP contribution in [0.25, 0.3) is 0 Å². The molecule has 0 aliphatic rings. The molecule has 0 spiro atoms. The van der Waals surface area contributed by atoms with Crippen molar-refractivity contribution >= 4 is 18.1 Å². The van der Waals surface area contributed by atoms with E-state index in [0.717, 1.165) is 0 Å². The van der Waals surface area contributed by atoms with Gasteiger partial charge in [-0.2, -0.15) is 0 Å². The Morgan fingerprint density at radius 3 is 2.16 bits per heavy atom. The van der Waals surface area contributed by atoms with Crippen LogP contribution >= 0.6 is 0 Å². The van der Waals surface area contributed by atoms with Crippen molar-refractivity contribution in [1.29, 1.82) is 0 Å². The Balaban J connectivity index is 4.62. The summed E-state index contributed by atoms with van der Waals surface area (Å²) in [4.78, 5) is 35.0. The summed E-state index contributed by atoms with van der Waals surface area (Å²) in [5.74, 6) is -0.431. The summed E-state index contributed by atoms with van der Waals surface area (Å²) in [7, 11) is 3.01. The fourth-order valence-electron chi connectivity index (χ4n) is 1.15. The average Bonchev–Trinajstić information content (AvgIpc) is 2.20. The van der Waals surface area contributed by atoms with Gasteiger partial charge in [-0.15, -0.1) is 0 Å². The second kappa shape index (κ2) is 6.81. The molecule has 0 aliphatic heterocycles. The number of alkyl carbamates (subject to hydrolysis) is 1. The smallest absolute Gasteiger partial charge is 0.408 e. The van der Waals surface area contributed by atoms with Crippen molar-refractivity contribution < 1.29 is 24.2 Å². The van der Waals surface area contributed by atoms with Gasteiger partial charge in [0.15, 0.2) is 0 Å². The number of hydrogen-bond acceptors (Lipinski definition) is 4. The van der Waals surface area contributed by atoms with Crippen molar-refractivity contribution in [3.63, 3.8) is 0 Å². The summed E-state index contributed by atoms with van der Waals surface area (Å²) in [6.45, 7) is 4.83. The van der Waals surface area contributed by atoms with Crippen LogP contribution in [0.3, 0.4) is 0 Å². The molecule has 0 aromatic carbocycles. The maximum atomic E-state index is 11.8. The Morgan fingerprint density at radius 2 is 1.79 bits per heavy atom. The van der Waals surface area contributed by atoms with Crippen LogP contribution in [-0.4, -0.2) is 60.4 Å². The van der Waals surface area contributed by atoms with Gasteiger partial charge in [0.05, 0.1) is 6.54 Å². The Morgan fingerprint density at radius 1 is 1.26 bits per heavy atom. The van der Waals surface area contributed by atoms with Gasteiger partial charge in [0.25, 0.3) is 0 Å². The van der Waals surface area contributed by atoms with Gasteiger partial charge in [-0.05, 0) is 20.8 Å². The first-order valence-corrected chi connectivity index (χ1v) is 5.70. The van der Waals surface area contributed by atoms with Gasteiger partial charge >= 0.3 is 12.2 Å². The number of amides is 3. The molecule has 110 valence electrons.